The monoisotopic (exact) mass is 378 g/mol. The van der Waals surface area contributed by atoms with Crippen LogP contribution in [0, 0.1) is 0 Å². The van der Waals surface area contributed by atoms with E-state index in [1.165, 1.54) is 16.9 Å². The number of halogens is 1. The zero-order valence-electron chi connectivity index (χ0n) is 11.8. The first-order chi connectivity index (χ1) is 10.6. The van der Waals surface area contributed by atoms with E-state index in [9.17, 15) is 9.59 Å². The standard InChI is InChI=1S/C16H15BrN2O2S/c17-14-9-8-13(22-14)16(21)19-18-15(20)12-7-3-5-10-4-1-2-6-11(10)12/h1-2,4,6,8-9,12H,3,5,7H2,(H,18,20)(H,19,21). The van der Waals surface area contributed by atoms with Crippen molar-refractivity contribution in [2.45, 2.75) is 25.2 Å². The molecule has 4 nitrogen and oxygen atoms in total. The summed E-state index contributed by atoms with van der Waals surface area (Å²) in [4.78, 5) is 24.9. The van der Waals surface area contributed by atoms with Crippen molar-refractivity contribution >= 4 is 39.1 Å². The molecular weight excluding hydrogens is 364 g/mol. The van der Waals surface area contributed by atoms with E-state index in [-0.39, 0.29) is 17.7 Å². The molecule has 2 N–H and O–H groups in total. The largest absolute Gasteiger partial charge is 0.279 e. The maximum Gasteiger partial charge on any atom is 0.279 e. The highest BCUT2D eigenvalue weighted by molar-refractivity contribution is 9.11. The first kappa shape index (κ1) is 15.2. The molecule has 0 fully saturated rings. The lowest BCUT2D eigenvalue weighted by Gasteiger charge is -2.24. The second kappa shape index (κ2) is 6.62. The van der Waals surface area contributed by atoms with Crippen molar-refractivity contribution in [3.63, 3.8) is 0 Å². The molecule has 1 unspecified atom stereocenters. The van der Waals surface area contributed by atoms with Crippen LogP contribution in [-0.4, -0.2) is 11.8 Å². The molecule has 114 valence electrons. The number of carbonyl (C=O) groups is 2. The fourth-order valence-corrected chi connectivity index (χ4v) is 4.01. The van der Waals surface area contributed by atoms with Gasteiger partial charge in [-0.1, -0.05) is 24.3 Å². The molecule has 6 heteroatoms. The van der Waals surface area contributed by atoms with Gasteiger partial charge in [-0.2, -0.15) is 0 Å². The van der Waals surface area contributed by atoms with Crippen LogP contribution in [0.15, 0.2) is 40.2 Å². The van der Waals surface area contributed by atoms with E-state index in [1.807, 2.05) is 18.2 Å². The molecular formula is C16H15BrN2O2S. The van der Waals surface area contributed by atoms with Gasteiger partial charge in [0.2, 0.25) is 5.91 Å². The number of thiophene rings is 1. The molecule has 22 heavy (non-hydrogen) atoms. The Kier molecular flexibility index (Phi) is 4.59. The van der Waals surface area contributed by atoms with Crippen molar-refractivity contribution in [3.05, 3.63) is 56.2 Å². The second-order valence-electron chi connectivity index (χ2n) is 5.19. The molecule has 0 saturated heterocycles. The highest BCUT2D eigenvalue weighted by Crippen LogP contribution is 2.31. The molecule has 1 heterocycles. The first-order valence-electron chi connectivity index (χ1n) is 7.08. The van der Waals surface area contributed by atoms with E-state index in [0.29, 0.717) is 4.88 Å². The predicted molar refractivity (Wildman–Crippen MR) is 89.7 cm³/mol. The topological polar surface area (TPSA) is 58.2 Å². The summed E-state index contributed by atoms with van der Waals surface area (Å²) in [7, 11) is 0. The van der Waals surface area contributed by atoms with E-state index >= 15 is 0 Å². The number of aryl methyl sites for hydroxylation is 1. The first-order valence-corrected chi connectivity index (χ1v) is 8.69. The highest BCUT2D eigenvalue weighted by atomic mass is 79.9. The van der Waals surface area contributed by atoms with Crippen molar-refractivity contribution in [2.75, 3.05) is 0 Å². The number of nitrogens with one attached hydrogen (secondary N) is 2. The van der Waals surface area contributed by atoms with Crippen LogP contribution in [0.3, 0.4) is 0 Å². The Labute approximate surface area is 141 Å². The van der Waals surface area contributed by atoms with E-state index in [4.69, 9.17) is 0 Å². The number of hydrogen-bond donors (Lipinski definition) is 2. The minimum absolute atomic E-state index is 0.156. The third-order valence-corrected chi connectivity index (χ3v) is 5.40. The minimum Gasteiger partial charge on any atom is -0.273 e. The third-order valence-electron chi connectivity index (χ3n) is 3.78. The summed E-state index contributed by atoms with van der Waals surface area (Å²) in [6.07, 6.45) is 2.81. The zero-order valence-corrected chi connectivity index (χ0v) is 14.2. The molecule has 1 aliphatic carbocycles. The third kappa shape index (κ3) is 3.23. The Bertz CT molecular complexity index is 714. The quantitative estimate of drug-likeness (QED) is 0.786. The highest BCUT2D eigenvalue weighted by Gasteiger charge is 2.26. The van der Waals surface area contributed by atoms with E-state index in [2.05, 4.69) is 32.8 Å². The summed E-state index contributed by atoms with van der Waals surface area (Å²) in [5, 5.41) is 0. The van der Waals surface area contributed by atoms with Gasteiger partial charge >= 0.3 is 0 Å². The average molecular weight is 379 g/mol. The number of benzene rings is 1. The maximum atomic E-state index is 12.4. The van der Waals surface area contributed by atoms with Gasteiger partial charge in [0.1, 0.15) is 0 Å². The van der Waals surface area contributed by atoms with Gasteiger partial charge in [-0.25, -0.2) is 0 Å². The van der Waals surface area contributed by atoms with Gasteiger partial charge in [-0.3, -0.25) is 20.4 Å². The lowest BCUT2D eigenvalue weighted by Crippen LogP contribution is -2.44. The fraction of sp³-hybridized carbons (Fsp3) is 0.250. The molecule has 0 radical (unpaired) electrons. The lowest BCUT2D eigenvalue weighted by molar-refractivity contribution is -0.123. The number of rotatable bonds is 2. The fourth-order valence-electron chi connectivity index (χ4n) is 2.73. The normalized spacial score (nSPS) is 16.7. The number of carbonyl (C=O) groups excluding carboxylic acids is 2. The van der Waals surface area contributed by atoms with Crippen LogP contribution in [0.5, 0.6) is 0 Å². The van der Waals surface area contributed by atoms with Crippen molar-refractivity contribution < 1.29 is 9.59 Å². The van der Waals surface area contributed by atoms with Crippen LogP contribution < -0.4 is 10.9 Å². The van der Waals surface area contributed by atoms with Gasteiger partial charge < -0.3 is 0 Å². The molecule has 1 aromatic heterocycles. The average Bonchev–Trinajstić information content (AvgIpc) is 2.98. The minimum atomic E-state index is -0.298. The van der Waals surface area contributed by atoms with Crippen LogP contribution in [0.1, 0.15) is 39.6 Å². The molecule has 1 aromatic carbocycles. The Morgan fingerprint density at radius 3 is 2.73 bits per heavy atom. The molecule has 0 spiro atoms. The van der Waals surface area contributed by atoms with Crippen molar-refractivity contribution in [1.29, 1.82) is 0 Å². The smallest absolute Gasteiger partial charge is 0.273 e. The second-order valence-corrected chi connectivity index (χ2v) is 7.65. The summed E-state index contributed by atoms with van der Waals surface area (Å²) >= 11 is 4.64. The predicted octanol–water partition coefficient (Wildman–Crippen LogP) is 3.39. The number of hydrogen-bond acceptors (Lipinski definition) is 3. The molecule has 1 atom stereocenters. The molecule has 0 bridgehead atoms. The molecule has 1 aliphatic rings. The van der Waals surface area contributed by atoms with Crippen LogP contribution in [0.25, 0.3) is 0 Å². The van der Waals surface area contributed by atoms with E-state index in [0.717, 1.165) is 28.6 Å². The van der Waals surface area contributed by atoms with Gasteiger partial charge in [-0.15, -0.1) is 11.3 Å². The molecule has 2 amide bonds. The number of hydrazine groups is 1. The number of amides is 2. The Morgan fingerprint density at radius 1 is 1.14 bits per heavy atom. The Balaban J connectivity index is 1.65. The molecule has 2 aromatic rings. The lowest BCUT2D eigenvalue weighted by atomic mass is 9.82. The van der Waals surface area contributed by atoms with Crippen LogP contribution >= 0.6 is 27.3 Å². The van der Waals surface area contributed by atoms with Gasteiger partial charge in [0.25, 0.3) is 5.91 Å². The summed E-state index contributed by atoms with van der Waals surface area (Å²) in [5.74, 6) is -0.649. The molecule has 3 rings (SSSR count). The van der Waals surface area contributed by atoms with Crippen molar-refractivity contribution in [2.24, 2.45) is 0 Å². The van der Waals surface area contributed by atoms with E-state index in [1.54, 1.807) is 12.1 Å². The summed E-state index contributed by atoms with van der Waals surface area (Å²) < 4.78 is 0.880. The molecule has 0 aliphatic heterocycles. The van der Waals surface area contributed by atoms with Crippen LogP contribution in [0.2, 0.25) is 0 Å². The summed E-state index contributed by atoms with van der Waals surface area (Å²) in [6, 6.07) is 11.5. The van der Waals surface area contributed by atoms with Crippen LogP contribution in [-0.2, 0) is 11.2 Å². The molecule has 0 saturated carbocycles. The van der Waals surface area contributed by atoms with Gasteiger partial charge in [0.15, 0.2) is 0 Å². The summed E-state index contributed by atoms with van der Waals surface area (Å²) in [6.45, 7) is 0. The Morgan fingerprint density at radius 2 is 1.95 bits per heavy atom. The van der Waals surface area contributed by atoms with Gasteiger partial charge in [-0.05, 0) is 58.5 Å². The van der Waals surface area contributed by atoms with Gasteiger partial charge in [0.05, 0.1) is 14.6 Å². The maximum absolute atomic E-state index is 12.4. The van der Waals surface area contributed by atoms with Gasteiger partial charge in [0, 0.05) is 0 Å². The Hall–Kier alpha value is -1.66. The van der Waals surface area contributed by atoms with E-state index < -0.39 is 0 Å². The summed E-state index contributed by atoms with van der Waals surface area (Å²) in [5.41, 5.74) is 7.34. The van der Waals surface area contributed by atoms with Crippen LogP contribution in [0.4, 0.5) is 0 Å². The number of fused-ring (bicyclic) bond motifs is 1. The van der Waals surface area contributed by atoms with Crippen molar-refractivity contribution in [3.8, 4) is 0 Å². The SMILES string of the molecule is O=C(NNC(=O)C1CCCc2ccccc21)c1ccc(Br)s1. The zero-order chi connectivity index (χ0) is 15.5. The van der Waals surface area contributed by atoms with Crippen molar-refractivity contribution in [1.82, 2.24) is 10.9 Å².